The summed E-state index contributed by atoms with van der Waals surface area (Å²) in [6, 6.07) is 0. The molecule has 2 aromatic rings. The first-order valence-corrected chi connectivity index (χ1v) is 9.25. The monoisotopic (exact) mass is 341 g/mol. The molecule has 0 spiro atoms. The topological polar surface area (TPSA) is 77.1 Å². The van der Waals surface area contributed by atoms with Gasteiger partial charge in [-0.3, -0.25) is 4.79 Å². The van der Waals surface area contributed by atoms with Crippen LogP contribution in [-0.2, 0) is 18.9 Å². The Kier molecular flexibility index (Phi) is 3.27. The summed E-state index contributed by atoms with van der Waals surface area (Å²) in [7, 11) is 1.77. The molecule has 7 heteroatoms. The first kappa shape index (κ1) is 15.1. The predicted octanol–water partition coefficient (Wildman–Crippen LogP) is 1.67. The van der Waals surface area contributed by atoms with Crippen LogP contribution in [0.15, 0.2) is 21.7 Å². The Bertz CT molecular complexity index is 855. The van der Waals surface area contributed by atoms with Crippen LogP contribution in [0.1, 0.15) is 43.8 Å². The Morgan fingerprint density at radius 2 is 2.24 bits per heavy atom. The van der Waals surface area contributed by atoms with Gasteiger partial charge in [-0.1, -0.05) is 11.6 Å². The molecule has 1 aliphatic heterocycles. The Morgan fingerprint density at radius 3 is 3.08 bits per heavy atom. The molecule has 2 aromatic heterocycles. The smallest absolute Gasteiger partial charge is 0.293 e. The first-order valence-electron chi connectivity index (χ1n) is 9.25. The summed E-state index contributed by atoms with van der Waals surface area (Å²) in [4.78, 5) is 23.7. The standard InChI is InChI=1S/C18H23N5O2/c1-22-8-7-19-15(16(22)24)23-10-13-3-2-6-18(13,11-23)17-20-14(21-25-17)9-12-4-5-12/h7-8,12-13H,2-6,9-11H2,1H3/t13-,18-/m1/s1. The maximum Gasteiger partial charge on any atom is 0.293 e. The van der Waals surface area contributed by atoms with Crippen LogP contribution in [0.2, 0.25) is 0 Å². The summed E-state index contributed by atoms with van der Waals surface area (Å²) >= 11 is 0. The third-order valence-corrected chi connectivity index (χ3v) is 6.23. The van der Waals surface area contributed by atoms with E-state index in [9.17, 15) is 4.79 Å². The highest BCUT2D eigenvalue weighted by Crippen LogP contribution is 2.50. The van der Waals surface area contributed by atoms with Crippen molar-refractivity contribution in [2.24, 2.45) is 18.9 Å². The van der Waals surface area contributed by atoms with Crippen LogP contribution in [-0.4, -0.2) is 32.8 Å². The van der Waals surface area contributed by atoms with Gasteiger partial charge in [0.15, 0.2) is 11.6 Å². The molecule has 0 aromatic carbocycles. The molecule has 3 aliphatic rings. The fourth-order valence-electron chi connectivity index (χ4n) is 4.62. The Labute approximate surface area is 146 Å². The van der Waals surface area contributed by atoms with Crippen molar-refractivity contribution in [3.8, 4) is 0 Å². The second-order valence-electron chi connectivity index (χ2n) is 7.96. The predicted molar refractivity (Wildman–Crippen MR) is 91.4 cm³/mol. The number of nitrogens with zero attached hydrogens (tertiary/aromatic N) is 5. The van der Waals surface area contributed by atoms with Crippen molar-refractivity contribution in [3.05, 3.63) is 34.5 Å². The maximum atomic E-state index is 12.5. The molecule has 2 aliphatic carbocycles. The van der Waals surface area contributed by atoms with Gasteiger partial charge in [-0.25, -0.2) is 4.98 Å². The van der Waals surface area contributed by atoms with Crippen LogP contribution >= 0.6 is 0 Å². The van der Waals surface area contributed by atoms with Gasteiger partial charge >= 0.3 is 0 Å². The normalized spacial score (nSPS) is 28.5. The molecule has 5 rings (SSSR count). The SMILES string of the molecule is Cn1ccnc(N2C[C@H]3CCC[C@@]3(c3nc(CC4CC4)no3)C2)c1=O. The fourth-order valence-corrected chi connectivity index (χ4v) is 4.62. The van der Waals surface area contributed by atoms with Crippen LogP contribution in [0.4, 0.5) is 5.82 Å². The van der Waals surface area contributed by atoms with Gasteiger partial charge in [0.05, 0.1) is 5.41 Å². The first-order chi connectivity index (χ1) is 12.2. The largest absolute Gasteiger partial charge is 0.351 e. The van der Waals surface area contributed by atoms with E-state index >= 15 is 0 Å². The van der Waals surface area contributed by atoms with Crippen LogP contribution in [0.5, 0.6) is 0 Å². The van der Waals surface area contributed by atoms with Gasteiger partial charge in [-0.05, 0) is 37.5 Å². The number of anilines is 1. The van der Waals surface area contributed by atoms with Gasteiger partial charge in [0.1, 0.15) is 0 Å². The highest BCUT2D eigenvalue weighted by Gasteiger charge is 2.54. The van der Waals surface area contributed by atoms with E-state index in [1.165, 1.54) is 19.3 Å². The molecule has 0 amide bonds. The molecule has 0 bridgehead atoms. The molecule has 0 radical (unpaired) electrons. The molecule has 132 valence electrons. The minimum Gasteiger partial charge on any atom is -0.351 e. The van der Waals surface area contributed by atoms with Crippen LogP contribution < -0.4 is 10.5 Å². The second kappa shape index (κ2) is 5.41. The van der Waals surface area contributed by atoms with Crippen molar-refractivity contribution in [1.82, 2.24) is 19.7 Å². The molecule has 25 heavy (non-hydrogen) atoms. The number of rotatable bonds is 4. The average Bonchev–Trinajstić information content (AvgIpc) is 2.98. The molecular weight excluding hydrogens is 318 g/mol. The van der Waals surface area contributed by atoms with E-state index in [1.807, 2.05) is 0 Å². The molecule has 2 saturated carbocycles. The van der Waals surface area contributed by atoms with E-state index in [0.29, 0.717) is 11.7 Å². The van der Waals surface area contributed by atoms with Gasteiger partial charge in [-0.2, -0.15) is 4.98 Å². The zero-order valence-electron chi connectivity index (χ0n) is 14.5. The molecule has 1 saturated heterocycles. The minimum atomic E-state index is -0.114. The third-order valence-electron chi connectivity index (χ3n) is 6.23. The summed E-state index contributed by atoms with van der Waals surface area (Å²) < 4.78 is 7.32. The van der Waals surface area contributed by atoms with Crippen LogP contribution in [0, 0.1) is 11.8 Å². The number of aromatic nitrogens is 4. The van der Waals surface area contributed by atoms with Crippen molar-refractivity contribution >= 4 is 5.82 Å². The summed E-state index contributed by atoms with van der Waals surface area (Å²) in [5.41, 5.74) is -0.158. The number of fused-ring (bicyclic) bond motifs is 1. The molecular formula is C18H23N5O2. The Balaban J connectivity index is 1.46. The van der Waals surface area contributed by atoms with Gasteiger partial charge in [0, 0.05) is 39.0 Å². The minimum absolute atomic E-state index is 0.0439. The average molecular weight is 341 g/mol. The fraction of sp³-hybridized carbons (Fsp3) is 0.667. The second-order valence-corrected chi connectivity index (χ2v) is 7.96. The maximum absolute atomic E-state index is 12.5. The van der Waals surface area contributed by atoms with Gasteiger partial charge in [0.2, 0.25) is 5.89 Å². The molecule has 7 nitrogen and oxygen atoms in total. The Hall–Kier alpha value is -2.18. The van der Waals surface area contributed by atoms with E-state index < -0.39 is 0 Å². The summed E-state index contributed by atoms with van der Waals surface area (Å²) in [6.45, 7) is 1.58. The lowest BCUT2D eigenvalue weighted by molar-refractivity contribution is 0.265. The third kappa shape index (κ3) is 2.40. The van der Waals surface area contributed by atoms with Crippen molar-refractivity contribution in [2.75, 3.05) is 18.0 Å². The van der Waals surface area contributed by atoms with Gasteiger partial charge in [-0.15, -0.1) is 0 Å². The van der Waals surface area contributed by atoms with E-state index in [2.05, 4.69) is 15.0 Å². The lowest BCUT2D eigenvalue weighted by Gasteiger charge is -2.24. The lowest BCUT2D eigenvalue weighted by Crippen LogP contribution is -2.35. The van der Waals surface area contributed by atoms with Crippen LogP contribution in [0.3, 0.4) is 0 Å². The van der Waals surface area contributed by atoms with Crippen molar-refractivity contribution in [3.63, 3.8) is 0 Å². The van der Waals surface area contributed by atoms with Crippen molar-refractivity contribution in [1.29, 1.82) is 0 Å². The highest BCUT2D eigenvalue weighted by molar-refractivity contribution is 5.41. The molecule has 3 heterocycles. The van der Waals surface area contributed by atoms with Gasteiger partial charge in [0.25, 0.3) is 5.56 Å². The number of hydrogen-bond donors (Lipinski definition) is 0. The summed E-state index contributed by atoms with van der Waals surface area (Å²) in [5.74, 6) is 3.37. The van der Waals surface area contributed by atoms with E-state index in [1.54, 1.807) is 24.0 Å². The zero-order valence-corrected chi connectivity index (χ0v) is 14.5. The van der Waals surface area contributed by atoms with Crippen LogP contribution in [0.25, 0.3) is 0 Å². The van der Waals surface area contributed by atoms with E-state index in [0.717, 1.165) is 50.0 Å². The molecule has 3 fully saturated rings. The Morgan fingerprint density at radius 1 is 1.36 bits per heavy atom. The van der Waals surface area contributed by atoms with Crippen molar-refractivity contribution < 1.29 is 4.52 Å². The number of aryl methyl sites for hydroxylation is 1. The summed E-state index contributed by atoms with van der Waals surface area (Å²) in [5, 5.41) is 4.24. The summed E-state index contributed by atoms with van der Waals surface area (Å²) in [6.07, 6.45) is 10.3. The van der Waals surface area contributed by atoms with E-state index in [4.69, 9.17) is 9.51 Å². The van der Waals surface area contributed by atoms with E-state index in [-0.39, 0.29) is 11.0 Å². The van der Waals surface area contributed by atoms with Gasteiger partial charge < -0.3 is 14.0 Å². The number of hydrogen-bond acceptors (Lipinski definition) is 6. The zero-order chi connectivity index (χ0) is 17.0. The lowest BCUT2D eigenvalue weighted by atomic mass is 9.80. The molecule has 2 atom stereocenters. The highest BCUT2D eigenvalue weighted by atomic mass is 16.5. The van der Waals surface area contributed by atoms with Crippen molar-refractivity contribution in [2.45, 2.75) is 43.9 Å². The molecule has 0 unspecified atom stereocenters. The quantitative estimate of drug-likeness (QED) is 0.842. The molecule has 0 N–H and O–H groups in total.